The summed E-state index contributed by atoms with van der Waals surface area (Å²) < 4.78 is 5.56. The van der Waals surface area contributed by atoms with Crippen LogP contribution in [0.3, 0.4) is 0 Å². The summed E-state index contributed by atoms with van der Waals surface area (Å²) in [6, 6.07) is 0. The molecule has 0 amide bonds. The van der Waals surface area contributed by atoms with Crippen LogP contribution in [-0.2, 0) is 9.53 Å². The predicted octanol–water partition coefficient (Wildman–Crippen LogP) is 3.34. The molecule has 4 rings (SSSR count). The fraction of sp³-hybridized carbons (Fsp3) is 0.947. The molecule has 4 aliphatic rings. The normalized spacial score (nSPS) is 41.3. The number of hydrogen-bond donors (Lipinski definition) is 2. The molecule has 2 N–H and O–H groups in total. The number of rotatable bonds is 8. The average molecular weight is 324 g/mol. The van der Waals surface area contributed by atoms with E-state index in [1.165, 1.54) is 25.7 Å². The van der Waals surface area contributed by atoms with Crippen molar-refractivity contribution in [3.05, 3.63) is 0 Å². The predicted molar refractivity (Wildman–Crippen MR) is 87.9 cm³/mol. The van der Waals surface area contributed by atoms with E-state index in [1.54, 1.807) is 0 Å². The van der Waals surface area contributed by atoms with Crippen molar-refractivity contribution in [2.45, 2.75) is 95.2 Å². The number of carbonyl (C=O) groups is 1. The zero-order valence-electron chi connectivity index (χ0n) is 14.5. The second-order valence-corrected chi connectivity index (χ2v) is 8.64. The number of aliphatic hydroxyl groups is 2. The highest BCUT2D eigenvalue weighted by Gasteiger charge is 2.65. The van der Waals surface area contributed by atoms with Crippen LogP contribution in [0.4, 0.5) is 0 Å². The first-order chi connectivity index (χ1) is 10.9. The first-order valence-electron chi connectivity index (χ1n) is 9.51. The van der Waals surface area contributed by atoms with E-state index in [-0.39, 0.29) is 11.9 Å². The number of carbonyl (C=O) groups excluding carboxylic acids is 1. The molecule has 4 nitrogen and oxygen atoms in total. The Kier molecular flexibility index (Phi) is 4.76. The largest absolute Gasteiger partial charge is 0.465 e. The van der Waals surface area contributed by atoms with E-state index in [9.17, 15) is 15.0 Å². The Labute approximate surface area is 139 Å². The van der Waals surface area contributed by atoms with Gasteiger partial charge in [-0.1, -0.05) is 39.0 Å². The summed E-state index contributed by atoms with van der Waals surface area (Å²) in [6.07, 6.45) is 10.7. The van der Waals surface area contributed by atoms with Gasteiger partial charge in [0.2, 0.25) is 0 Å². The van der Waals surface area contributed by atoms with E-state index in [2.05, 4.69) is 6.92 Å². The molecule has 0 aromatic rings. The Morgan fingerprint density at radius 3 is 2.17 bits per heavy atom. The quantitative estimate of drug-likeness (QED) is 0.531. The summed E-state index contributed by atoms with van der Waals surface area (Å²) in [6.45, 7) is 2.68. The number of ether oxygens (including phenoxy) is 1. The lowest BCUT2D eigenvalue weighted by Gasteiger charge is -2.61. The van der Waals surface area contributed by atoms with Gasteiger partial charge in [0.25, 0.3) is 0 Å². The van der Waals surface area contributed by atoms with E-state index < -0.39 is 16.6 Å². The lowest BCUT2D eigenvalue weighted by molar-refractivity contribution is -0.237. The molecule has 0 radical (unpaired) electrons. The fourth-order valence-corrected chi connectivity index (χ4v) is 5.76. The Morgan fingerprint density at radius 2 is 1.57 bits per heavy atom. The highest BCUT2D eigenvalue weighted by Crippen LogP contribution is 2.63. The van der Waals surface area contributed by atoms with E-state index in [0.717, 1.165) is 32.1 Å². The smallest absolute Gasteiger partial charge is 0.312 e. The van der Waals surface area contributed by atoms with Gasteiger partial charge in [-0.25, -0.2) is 0 Å². The van der Waals surface area contributed by atoms with Crippen LogP contribution in [0.2, 0.25) is 0 Å². The summed E-state index contributed by atoms with van der Waals surface area (Å²) in [4.78, 5) is 12.7. The van der Waals surface area contributed by atoms with Crippen LogP contribution < -0.4 is 0 Å². The van der Waals surface area contributed by atoms with Gasteiger partial charge in [0.05, 0.1) is 23.2 Å². The molecule has 0 aliphatic heterocycles. The van der Waals surface area contributed by atoms with Crippen LogP contribution in [0, 0.1) is 11.3 Å². The third-order valence-corrected chi connectivity index (χ3v) is 6.17. The summed E-state index contributed by atoms with van der Waals surface area (Å²) in [5.41, 5.74) is -2.34. The Morgan fingerprint density at radius 1 is 0.957 bits per heavy atom. The van der Waals surface area contributed by atoms with E-state index >= 15 is 0 Å². The van der Waals surface area contributed by atoms with Crippen molar-refractivity contribution in [1.29, 1.82) is 0 Å². The standard InChI is InChI=1S/C19H32O4/c1-2-3-4-5-6-7-8-23-16(20)17-9-15-10-18(21,12-17)14-19(22,11-15)13-17/h15,21-22H,2-14H2,1H3. The molecule has 2 unspecified atom stereocenters. The third-order valence-electron chi connectivity index (χ3n) is 6.17. The molecular formula is C19H32O4. The van der Waals surface area contributed by atoms with Gasteiger partial charge in [-0.15, -0.1) is 0 Å². The molecular weight excluding hydrogens is 292 g/mol. The lowest BCUT2D eigenvalue weighted by atomic mass is 9.46. The van der Waals surface area contributed by atoms with Crippen LogP contribution in [0.1, 0.15) is 84.0 Å². The maximum absolute atomic E-state index is 12.7. The van der Waals surface area contributed by atoms with Crippen LogP contribution in [0.25, 0.3) is 0 Å². The van der Waals surface area contributed by atoms with E-state index in [0.29, 0.717) is 25.9 Å². The average Bonchev–Trinajstić information content (AvgIpc) is 2.42. The molecule has 0 saturated heterocycles. The van der Waals surface area contributed by atoms with Crippen LogP contribution in [0.5, 0.6) is 0 Å². The van der Waals surface area contributed by atoms with Crippen molar-refractivity contribution in [1.82, 2.24) is 0 Å². The summed E-state index contributed by atoms with van der Waals surface area (Å²) in [5, 5.41) is 21.4. The van der Waals surface area contributed by atoms with E-state index in [1.807, 2.05) is 0 Å². The SMILES string of the molecule is CCCCCCCCOC(=O)C12CC3CC(O)(CC(O)(C3)C1)C2. The lowest BCUT2D eigenvalue weighted by Crippen LogP contribution is -2.65. The molecule has 4 aliphatic carbocycles. The molecule has 4 heteroatoms. The maximum atomic E-state index is 12.7. The van der Waals surface area contributed by atoms with Crippen LogP contribution >= 0.6 is 0 Å². The topological polar surface area (TPSA) is 66.8 Å². The number of esters is 1. The molecule has 23 heavy (non-hydrogen) atoms. The maximum Gasteiger partial charge on any atom is 0.312 e. The van der Waals surface area contributed by atoms with Gasteiger partial charge in [0, 0.05) is 6.42 Å². The monoisotopic (exact) mass is 324 g/mol. The highest BCUT2D eigenvalue weighted by molar-refractivity contribution is 5.78. The van der Waals surface area contributed by atoms with Gasteiger partial charge in [0.15, 0.2) is 0 Å². The second kappa shape index (κ2) is 6.36. The molecule has 0 heterocycles. The van der Waals surface area contributed by atoms with Crippen molar-refractivity contribution in [2.75, 3.05) is 6.61 Å². The number of unbranched alkanes of at least 4 members (excludes halogenated alkanes) is 5. The summed E-state index contributed by atoms with van der Waals surface area (Å²) in [7, 11) is 0. The first kappa shape index (κ1) is 17.2. The molecule has 0 spiro atoms. The molecule has 0 aromatic heterocycles. The van der Waals surface area contributed by atoms with Crippen molar-refractivity contribution in [2.24, 2.45) is 11.3 Å². The van der Waals surface area contributed by atoms with Crippen LogP contribution in [-0.4, -0.2) is 34.0 Å². The highest BCUT2D eigenvalue weighted by atomic mass is 16.5. The molecule has 4 fully saturated rings. The van der Waals surface area contributed by atoms with Crippen LogP contribution in [0.15, 0.2) is 0 Å². The second-order valence-electron chi connectivity index (χ2n) is 8.64. The minimum absolute atomic E-state index is 0.174. The van der Waals surface area contributed by atoms with Gasteiger partial charge >= 0.3 is 5.97 Å². The van der Waals surface area contributed by atoms with Gasteiger partial charge in [-0.3, -0.25) is 4.79 Å². The van der Waals surface area contributed by atoms with E-state index in [4.69, 9.17) is 4.74 Å². The minimum atomic E-state index is -0.854. The molecule has 2 atom stereocenters. The van der Waals surface area contributed by atoms with Gasteiger partial charge < -0.3 is 14.9 Å². The molecule has 0 aromatic carbocycles. The van der Waals surface area contributed by atoms with Crippen molar-refractivity contribution in [3.63, 3.8) is 0 Å². The summed E-state index contributed by atoms with van der Waals surface area (Å²) >= 11 is 0. The third kappa shape index (κ3) is 3.58. The minimum Gasteiger partial charge on any atom is -0.465 e. The zero-order valence-corrected chi connectivity index (χ0v) is 14.5. The molecule has 4 bridgehead atoms. The van der Waals surface area contributed by atoms with Gasteiger partial charge in [-0.2, -0.15) is 0 Å². The number of hydrogen-bond acceptors (Lipinski definition) is 4. The van der Waals surface area contributed by atoms with Crippen molar-refractivity contribution < 1.29 is 19.7 Å². The first-order valence-corrected chi connectivity index (χ1v) is 9.51. The van der Waals surface area contributed by atoms with Crippen molar-refractivity contribution in [3.8, 4) is 0 Å². The molecule has 4 saturated carbocycles. The Balaban J connectivity index is 1.49. The molecule has 132 valence electrons. The van der Waals surface area contributed by atoms with Gasteiger partial charge in [0.1, 0.15) is 0 Å². The Hall–Kier alpha value is -0.610. The summed E-state index contributed by atoms with van der Waals surface area (Å²) in [5.74, 6) is 0.0925. The van der Waals surface area contributed by atoms with Crippen molar-refractivity contribution >= 4 is 5.97 Å². The van der Waals surface area contributed by atoms with Gasteiger partial charge in [-0.05, 0) is 44.4 Å². The fourth-order valence-electron chi connectivity index (χ4n) is 5.76. The zero-order chi connectivity index (χ0) is 16.6. The Bertz CT molecular complexity index is 429.